The van der Waals surface area contributed by atoms with E-state index in [2.05, 4.69) is 41.5 Å². The normalized spacial score (nSPS) is 32.4. The Bertz CT molecular complexity index is 323. The molecule has 104 valence electrons. The van der Waals surface area contributed by atoms with Crippen molar-refractivity contribution < 1.29 is 4.79 Å². The number of ketones is 1. The third-order valence-corrected chi connectivity index (χ3v) is 4.81. The van der Waals surface area contributed by atoms with Crippen LogP contribution in [0.25, 0.3) is 0 Å². The van der Waals surface area contributed by atoms with E-state index in [1.807, 2.05) is 0 Å². The molecule has 0 heterocycles. The first-order valence-corrected chi connectivity index (χ1v) is 7.55. The minimum absolute atomic E-state index is 0.181. The number of hydrogen-bond donors (Lipinski definition) is 0. The van der Waals surface area contributed by atoms with Crippen LogP contribution < -0.4 is 0 Å². The third kappa shape index (κ3) is 2.81. The lowest BCUT2D eigenvalue weighted by Crippen LogP contribution is -2.53. The van der Waals surface area contributed by atoms with E-state index in [0.717, 1.165) is 18.8 Å². The maximum absolute atomic E-state index is 12.7. The molecule has 3 aliphatic rings. The van der Waals surface area contributed by atoms with E-state index in [-0.39, 0.29) is 16.7 Å². The van der Waals surface area contributed by atoms with Crippen molar-refractivity contribution in [2.45, 2.75) is 73.6 Å². The van der Waals surface area contributed by atoms with Gasteiger partial charge in [-0.25, -0.2) is 0 Å². The number of hydrogen-bond acceptors (Lipinski definition) is 1. The van der Waals surface area contributed by atoms with Gasteiger partial charge in [-0.2, -0.15) is 0 Å². The standard InChI is InChI=1S/C17H30O/c1-15(2,3)10-13(14(18)16(4,5)6)11-17-7-12(8-17)9-17/h12-13H,7-11H2,1-6H3/t12?,13-,17?/m0/s1. The zero-order chi connectivity index (χ0) is 13.8. The van der Waals surface area contributed by atoms with Crippen LogP contribution in [0.4, 0.5) is 0 Å². The van der Waals surface area contributed by atoms with Gasteiger partial charge in [0.2, 0.25) is 0 Å². The van der Waals surface area contributed by atoms with E-state index >= 15 is 0 Å². The zero-order valence-electron chi connectivity index (χ0n) is 13.1. The van der Waals surface area contributed by atoms with Gasteiger partial charge in [0, 0.05) is 11.3 Å². The third-order valence-electron chi connectivity index (χ3n) is 4.81. The van der Waals surface area contributed by atoms with Crippen LogP contribution in [-0.2, 0) is 4.79 Å². The van der Waals surface area contributed by atoms with Crippen molar-refractivity contribution in [1.29, 1.82) is 0 Å². The number of carbonyl (C=O) groups excluding carboxylic acids is 1. The average molecular weight is 250 g/mol. The first-order chi connectivity index (χ1) is 8.01. The van der Waals surface area contributed by atoms with Gasteiger partial charge in [0.15, 0.2) is 0 Å². The van der Waals surface area contributed by atoms with Crippen LogP contribution in [0.1, 0.15) is 73.6 Å². The molecule has 0 spiro atoms. The Morgan fingerprint density at radius 3 is 1.89 bits per heavy atom. The van der Waals surface area contributed by atoms with Crippen LogP contribution in [0.2, 0.25) is 0 Å². The summed E-state index contributed by atoms with van der Waals surface area (Å²) < 4.78 is 0. The Morgan fingerprint density at radius 2 is 1.61 bits per heavy atom. The van der Waals surface area contributed by atoms with Gasteiger partial charge in [0.1, 0.15) is 5.78 Å². The fourth-order valence-electron chi connectivity index (χ4n) is 4.04. The lowest BCUT2D eigenvalue weighted by atomic mass is 9.42. The highest BCUT2D eigenvalue weighted by molar-refractivity contribution is 5.86. The summed E-state index contributed by atoms with van der Waals surface area (Å²) >= 11 is 0. The molecule has 2 bridgehead atoms. The fourth-order valence-corrected chi connectivity index (χ4v) is 4.04. The van der Waals surface area contributed by atoms with Crippen molar-refractivity contribution >= 4 is 5.78 Å². The molecule has 18 heavy (non-hydrogen) atoms. The van der Waals surface area contributed by atoms with Crippen LogP contribution >= 0.6 is 0 Å². The SMILES string of the molecule is CC(C)(C)C[C@@H](CC12CC(C1)C2)C(=O)C(C)(C)C. The first-order valence-electron chi connectivity index (χ1n) is 7.55. The van der Waals surface area contributed by atoms with Gasteiger partial charge in [-0.05, 0) is 48.9 Å². The topological polar surface area (TPSA) is 17.1 Å². The summed E-state index contributed by atoms with van der Waals surface area (Å²) in [6.07, 6.45) is 6.44. The van der Waals surface area contributed by atoms with Crippen LogP contribution in [0.15, 0.2) is 0 Å². The molecule has 1 heteroatoms. The van der Waals surface area contributed by atoms with Crippen molar-refractivity contribution in [3.63, 3.8) is 0 Å². The van der Waals surface area contributed by atoms with E-state index in [1.165, 1.54) is 19.3 Å². The largest absolute Gasteiger partial charge is 0.299 e. The number of carbonyl (C=O) groups is 1. The van der Waals surface area contributed by atoms with Crippen LogP contribution in [0, 0.1) is 28.1 Å². The Balaban J connectivity index is 2.04. The molecule has 1 atom stereocenters. The minimum Gasteiger partial charge on any atom is -0.299 e. The van der Waals surface area contributed by atoms with Crippen LogP contribution in [0.3, 0.4) is 0 Å². The van der Waals surface area contributed by atoms with Gasteiger partial charge < -0.3 is 0 Å². The highest BCUT2D eigenvalue weighted by Gasteiger charge is 2.57. The lowest BCUT2D eigenvalue weighted by Gasteiger charge is -2.63. The van der Waals surface area contributed by atoms with Gasteiger partial charge in [0.05, 0.1) is 0 Å². The van der Waals surface area contributed by atoms with Crippen molar-refractivity contribution in [2.24, 2.45) is 28.1 Å². The molecule has 0 aromatic carbocycles. The Kier molecular flexibility index (Phi) is 3.19. The first kappa shape index (κ1) is 14.1. The highest BCUT2D eigenvalue weighted by Crippen LogP contribution is 2.67. The van der Waals surface area contributed by atoms with E-state index in [0.29, 0.717) is 11.2 Å². The summed E-state index contributed by atoms with van der Waals surface area (Å²) in [4.78, 5) is 12.7. The quantitative estimate of drug-likeness (QED) is 0.697. The second-order valence-corrected chi connectivity index (χ2v) is 9.26. The van der Waals surface area contributed by atoms with Gasteiger partial charge in [-0.1, -0.05) is 41.5 Å². The number of rotatable bonds is 4. The van der Waals surface area contributed by atoms with Gasteiger partial charge in [-0.3, -0.25) is 4.79 Å². The molecule has 0 N–H and O–H groups in total. The molecule has 3 aliphatic carbocycles. The van der Waals surface area contributed by atoms with Crippen molar-refractivity contribution in [3.05, 3.63) is 0 Å². The molecular formula is C17H30O. The van der Waals surface area contributed by atoms with E-state index in [9.17, 15) is 4.79 Å². The zero-order valence-corrected chi connectivity index (χ0v) is 13.1. The van der Waals surface area contributed by atoms with Gasteiger partial charge >= 0.3 is 0 Å². The van der Waals surface area contributed by atoms with Crippen LogP contribution in [-0.4, -0.2) is 5.78 Å². The summed E-state index contributed by atoms with van der Waals surface area (Å²) in [5, 5.41) is 0. The summed E-state index contributed by atoms with van der Waals surface area (Å²) in [6.45, 7) is 13.0. The summed E-state index contributed by atoms with van der Waals surface area (Å²) in [5.41, 5.74) is 0.663. The molecule has 0 aromatic rings. The Morgan fingerprint density at radius 1 is 1.11 bits per heavy atom. The Hall–Kier alpha value is -0.330. The highest BCUT2D eigenvalue weighted by atomic mass is 16.1. The van der Waals surface area contributed by atoms with E-state index < -0.39 is 0 Å². The molecule has 0 unspecified atom stereocenters. The predicted octanol–water partition coefficient (Wildman–Crippen LogP) is 4.84. The van der Waals surface area contributed by atoms with Crippen molar-refractivity contribution in [2.75, 3.05) is 0 Å². The maximum Gasteiger partial charge on any atom is 0.141 e. The van der Waals surface area contributed by atoms with Gasteiger partial charge in [0.25, 0.3) is 0 Å². The molecular weight excluding hydrogens is 220 g/mol. The molecule has 0 saturated heterocycles. The van der Waals surface area contributed by atoms with Gasteiger partial charge in [-0.15, -0.1) is 0 Å². The molecule has 0 radical (unpaired) electrons. The maximum atomic E-state index is 12.7. The summed E-state index contributed by atoms with van der Waals surface area (Å²) in [7, 11) is 0. The average Bonchev–Trinajstić information content (AvgIpc) is 2.01. The van der Waals surface area contributed by atoms with E-state index in [1.54, 1.807) is 0 Å². The summed E-state index contributed by atoms with van der Waals surface area (Å²) in [5.74, 6) is 1.79. The predicted molar refractivity (Wildman–Crippen MR) is 76.4 cm³/mol. The molecule has 3 fully saturated rings. The molecule has 3 saturated carbocycles. The lowest BCUT2D eigenvalue weighted by molar-refractivity contribution is -0.147. The molecule has 0 aliphatic heterocycles. The van der Waals surface area contributed by atoms with Crippen molar-refractivity contribution in [1.82, 2.24) is 0 Å². The molecule has 0 amide bonds. The van der Waals surface area contributed by atoms with E-state index in [4.69, 9.17) is 0 Å². The smallest absolute Gasteiger partial charge is 0.141 e. The van der Waals surface area contributed by atoms with Crippen molar-refractivity contribution in [3.8, 4) is 0 Å². The molecule has 3 rings (SSSR count). The summed E-state index contributed by atoms with van der Waals surface area (Å²) in [6, 6.07) is 0. The number of Topliss-reactive ketones (excluding diaryl/α,β-unsaturated/α-hetero) is 1. The second-order valence-electron chi connectivity index (χ2n) is 9.26. The second kappa shape index (κ2) is 4.08. The van der Waals surface area contributed by atoms with Crippen LogP contribution in [0.5, 0.6) is 0 Å². The molecule has 1 nitrogen and oxygen atoms in total. The molecule has 0 aromatic heterocycles. The Labute approximate surface area is 113 Å². The minimum atomic E-state index is -0.181. The monoisotopic (exact) mass is 250 g/mol. The fraction of sp³-hybridized carbons (Fsp3) is 0.941.